The largest absolute Gasteiger partial charge is 0.347 e. The lowest BCUT2D eigenvalue weighted by Crippen LogP contribution is -2.63. The molecule has 29 heavy (non-hydrogen) atoms. The molecule has 0 aromatic heterocycles. The van der Waals surface area contributed by atoms with Crippen molar-refractivity contribution < 1.29 is 14.0 Å². The van der Waals surface area contributed by atoms with E-state index in [-0.39, 0.29) is 29.6 Å². The molecule has 2 fully saturated rings. The number of benzene rings is 2. The van der Waals surface area contributed by atoms with Crippen LogP contribution >= 0.6 is 0 Å². The normalized spacial score (nSPS) is 26.8. The lowest BCUT2D eigenvalue weighted by Gasteiger charge is -2.44. The second-order valence-electron chi connectivity index (χ2n) is 8.27. The summed E-state index contributed by atoms with van der Waals surface area (Å²) in [5, 5.41) is 3.20. The Morgan fingerprint density at radius 1 is 1.07 bits per heavy atom. The Morgan fingerprint density at radius 3 is 2.41 bits per heavy atom. The second-order valence-corrected chi connectivity index (χ2v) is 8.27. The summed E-state index contributed by atoms with van der Waals surface area (Å²) in [6, 6.07) is 15.5. The average molecular weight is 395 g/mol. The van der Waals surface area contributed by atoms with E-state index in [0.29, 0.717) is 18.7 Å². The second kappa shape index (κ2) is 7.59. The van der Waals surface area contributed by atoms with Gasteiger partial charge in [-0.25, -0.2) is 4.39 Å². The molecule has 3 atom stereocenters. The SMILES string of the molecule is CC(=O)N[C@@]12CN(C)CC[C@@H]1[C@@H](c1ccccc1)N(C(=O)c1ccc(F)cc1)C2. The van der Waals surface area contributed by atoms with Crippen molar-refractivity contribution >= 4 is 11.8 Å². The molecule has 0 saturated carbocycles. The van der Waals surface area contributed by atoms with Gasteiger partial charge >= 0.3 is 0 Å². The topological polar surface area (TPSA) is 52.7 Å². The third-order valence-corrected chi connectivity index (χ3v) is 6.17. The first kappa shape index (κ1) is 19.6. The van der Waals surface area contributed by atoms with Gasteiger partial charge in [0.05, 0.1) is 11.6 Å². The molecule has 2 aromatic rings. The van der Waals surface area contributed by atoms with Gasteiger partial charge in [0.15, 0.2) is 0 Å². The van der Waals surface area contributed by atoms with Crippen LogP contribution in [0.25, 0.3) is 0 Å². The van der Waals surface area contributed by atoms with Crippen molar-refractivity contribution in [2.75, 3.05) is 26.7 Å². The molecule has 2 aromatic carbocycles. The fourth-order valence-corrected chi connectivity index (χ4v) is 5.10. The third kappa shape index (κ3) is 3.65. The number of likely N-dealkylation sites (tertiary alicyclic amines) is 2. The van der Waals surface area contributed by atoms with E-state index in [1.54, 1.807) is 0 Å². The lowest BCUT2D eigenvalue weighted by atomic mass is 9.76. The summed E-state index contributed by atoms with van der Waals surface area (Å²) < 4.78 is 13.4. The zero-order chi connectivity index (χ0) is 20.6. The Kier molecular flexibility index (Phi) is 5.13. The van der Waals surface area contributed by atoms with Gasteiger partial charge in [0.2, 0.25) is 5.91 Å². The lowest BCUT2D eigenvalue weighted by molar-refractivity contribution is -0.122. The molecule has 0 aliphatic carbocycles. The van der Waals surface area contributed by atoms with Crippen LogP contribution in [0, 0.1) is 11.7 Å². The Labute approximate surface area is 170 Å². The van der Waals surface area contributed by atoms with Gasteiger partial charge in [-0.05, 0) is 49.8 Å². The van der Waals surface area contributed by atoms with Crippen LogP contribution in [0.3, 0.4) is 0 Å². The number of piperidine rings is 1. The maximum atomic E-state index is 13.5. The highest BCUT2D eigenvalue weighted by Gasteiger charge is 2.56. The summed E-state index contributed by atoms with van der Waals surface area (Å²) in [4.78, 5) is 29.7. The van der Waals surface area contributed by atoms with Crippen LogP contribution in [0.2, 0.25) is 0 Å². The number of amides is 2. The summed E-state index contributed by atoms with van der Waals surface area (Å²) in [7, 11) is 2.04. The Morgan fingerprint density at radius 2 is 1.76 bits per heavy atom. The van der Waals surface area contributed by atoms with Crippen molar-refractivity contribution in [1.29, 1.82) is 0 Å². The van der Waals surface area contributed by atoms with Gasteiger partial charge in [-0.3, -0.25) is 9.59 Å². The smallest absolute Gasteiger partial charge is 0.254 e. The van der Waals surface area contributed by atoms with Gasteiger partial charge in [-0.1, -0.05) is 30.3 Å². The molecule has 2 amide bonds. The number of carbonyl (C=O) groups is 2. The van der Waals surface area contributed by atoms with Crippen molar-refractivity contribution in [1.82, 2.24) is 15.1 Å². The number of carbonyl (C=O) groups excluding carboxylic acids is 2. The molecule has 6 heteroatoms. The predicted molar refractivity (Wildman–Crippen MR) is 109 cm³/mol. The van der Waals surface area contributed by atoms with E-state index in [1.165, 1.54) is 31.2 Å². The van der Waals surface area contributed by atoms with Crippen LogP contribution in [-0.2, 0) is 4.79 Å². The molecule has 2 aliphatic rings. The molecule has 2 saturated heterocycles. The summed E-state index contributed by atoms with van der Waals surface area (Å²) in [5.41, 5.74) is 1.01. The number of likely N-dealkylation sites (N-methyl/N-ethyl adjacent to an activating group) is 1. The molecule has 2 heterocycles. The van der Waals surface area contributed by atoms with Crippen molar-refractivity contribution in [3.8, 4) is 0 Å². The molecule has 1 N–H and O–H groups in total. The highest BCUT2D eigenvalue weighted by Crippen LogP contribution is 2.47. The van der Waals surface area contributed by atoms with Crippen LogP contribution < -0.4 is 5.32 Å². The fourth-order valence-electron chi connectivity index (χ4n) is 5.10. The van der Waals surface area contributed by atoms with Gasteiger partial charge in [-0.15, -0.1) is 0 Å². The molecule has 5 nitrogen and oxygen atoms in total. The quantitative estimate of drug-likeness (QED) is 0.870. The van der Waals surface area contributed by atoms with Gasteiger partial charge in [0.1, 0.15) is 5.82 Å². The van der Waals surface area contributed by atoms with E-state index >= 15 is 0 Å². The number of hydrogen-bond acceptors (Lipinski definition) is 3. The predicted octanol–water partition coefficient (Wildman–Crippen LogP) is 2.85. The molecule has 0 radical (unpaired) electrons. The number of nitrogens with zero attached hydrogens (tertiary/aromatic N) is 2. The van der Waals surface area contributed by atoms with Crippen molar-refractivity contribution in [3.63, 3.8) is 0 Å². The van der Waals surface area contributed by atoms with Crippen molar-refractivity contribution in [2.24, 2.45) is 5.92 Å². The molecule has 152 valence electrons. The Hall–Kier alpha value is -2.73. The number of nitrogens with one attached hydrogen (secondary N) is 1. The molecule has 0 bridgehead atoms. The minimum absolute atomic E-state index is 0.0896. The van der Waals surface area contributed by atoms with E-state index < -0.39 is 5.54 Å². The molecule has 0 unspecified atom stereocenters. The first-order valence-corrected chi connectivity index (χ1v) is 9.98. The maximum absolute atomic E-state index is 13.5. The highest BCUT2D eigenvalue weighted by atomic mass is 19.1. The van der Waals surface area contributed by atoms with Crippen LogP contribution in [0.5, 0.6) is 0 Å². The number of fused-ring (bicyclic) bond motifs is 1. The minimum atomic E-state index is -0.505. The van der Waals surface area contributed by atoms with Gasteiger partial charge < -0.3 is 15.1 Å². The Bertz CT molecular complexity index is 902. The molecular weight excluding hydrogens is 369 g/mol. The van der Waals surface area contributed by atoms with E-state index in [1.807, 2.05) is 42.3 Å². The minimum Gasteiger partial charge on any atom is -0.347 e. The van der Waals surface area contributed by atoms with Crippen LogP contribution in [0.15, 0.2) is 54.6 Å². The first-order valence-electron chi connectivity index (χ1n) is 9.98. The maximum Gasteiger partial charge on any atom is 0.254 e. The molecule has 2 aliphatic heterocycles. The summed E-state index contributed by atoms with van der Waals surface area (Å²) in [6.07, 6.45) is 0.879. The molecule has 4 rings (SSSR count). The summed E-state index contributed by atoms with van der Waals surface area (Å²) in [5.74, 6) is -0.490. The fraction of sp³-hybridized carbons (Fsp3) is 0.391. The van der Waals surface area contributed by atoms with Gasteiger partial charge in [0.25, 0.3) is 5.91 Å². The first-order chi connectivity index (χ1) is 13.9. The average Bonchev–Trinajstić information content (AvgIpc) is 3.01. The van der Waals surface area contributed by atoms with Crippen LogP contribution in [-0.4, -0.2) is 53.8 Å². The standard InChI is InChI=1S/C23H26FN3O2/c1-16(28)25-23-14-26(2)13-12-20(23)21(17-6-4-3-5-7-17)27(15-23)22(29)18-8-10-19(24)11-9-18/h3-11,20-21H,12-15H2,1-2H3,(H,25,28)/t20-,21-,23-/m1/s1. The molecule has 0 spiro atoms. The number of hydrogen-bond donors (Lipinski definition) is 1. The zero-order valence-electron chi connectivity index (χ0n) is 16.8. The van der Waals surface area contributed by atoms with E-state index in [2.05, 4.69) is 10.2 Å². The van der Waals surface area contributed by atoms with Crippen LogP contribution in [0.1, 0.15) is 35.3 Å². The third-order valence-electron chi connectivity index (χ3n) is 6.17. The number of rotatable bonds is 3. The Balaban J connectivity index is 1.78. The number of halogens is 1. The monoisotopic (exact) mass is 395 g/mol. The van der Waals surface area contributed by atoms with E-state index in [9.17, 15) is 14.0 Å². The van der Waals surface area contributed by atoms with Crippen molar-refractivity contribution in [2.45, 2.75) is 24.9 Å². The zero-order valence-corrected chi connectivity index (χ0v) is 16.8. The molecular formula is C23H26FN3O2. The van der Waals surface area contributed by atoms with E-state index in [4.69, 9.17) is 0 Å². The summed E-state index contributed by atoms with van der Waals surface area (Å²) in [6.45, 7) is 3.56. The summed E-state index contributed by atoms with van der Waals surface area (Å²) >= 11 is 0. The van der Waals surface area contributed by atoms with Crippen LogP contribution in [0.4, 0.5) is 4.39 Å². The highest BCUT2D eigenvalue weighted by molar-refractivity contribution is 5.95. The van der Waals surface area contributed by atoms with Gasteiger partial charge in [-0.2, -0.15) is 0 Å². The van der Waals surface area contributed by atoms with Crippen molar-refractivity contribution in [3.05, 3.63) is 71.5 Å². The van der Waals surface area contributed by atoms with Gasteiger partial charge in [0, 0.05) is 31.5 Å². The van der Waals surface area contributed by atoms with E-state index in [0.717, 1.165) is 18.5 Å².